The van der Waals surface area contributed by atoms with Crippen molar-refractivity contribution in [3.8, 4) is 0 Å². The third-order valence-corrected chi connectivity index (χ3v) is 4.77. The summed E-state index contributed by atoms with van der Waals surface area (Å²) in [6, 6.07) is 19.8. The molecule has 2 rings (SSSR count). The third kappa shape index (κ3) is 6.58. The van der Waals surface area contributed by atoms with Crippen molar-refractivity contribution in [2.75, 3.05) is 0 Å². The van der Waals surface area contributed by atoms with Crippen LogP contribution < -0.4 is 0 Å². The molecule has 0 spiro atoms. The summed E-state index contributed by atoms with van der Waals surface area (Å²) < 4.78 is 0. The van der Waals surface area contributed by atoms with Crippen LogP contribution in [0.25, 0.3) is 0 Å². The van der Waals surface area contributed by atoms with Gasteiger partial charge in [0.1, 0.15) is 12.2 Å². The van der Waals surface area contributed by atoms with Crippen LogP contribution in [0.4, 0.5) is 0 Å². The summed E-state index contributed by atoms with van der Waals surface area (Å²) in [5.41, 5.74) is 2.26. The number of ketones is 1. The molecule has 0 unspecified atom stereocenters. The number of hydrogen-bond donors (Lipinski definition) is 2. The van der Waals surface area contributed by atoms with Gasteiger partial charge in [0.15, 0.2) is 5.78 Å². The molecule has 4 nitrogen and oxygen atoms in total. The van der Waals surface area contributed by atoms with Gasteiger partial charge in [0, 0.05) is 19.1 Å². The van der Waals surface area contributed by atoms with Crippen molar-refractivity contribution in [3.63, 3.8) is 0 Å². The topological polar surface area (TPSA) is 60.8 Å². The Morgan fingerprint density at radius 3 is 1.70 bits per heavy atom. The minimum atomic E-state index is -1.37. The van der Waals surface area contributed by atoms with Crippen LogP contribution in [0, 0.1) is 5.92 Å². The smallest absolute Gasteiger partial charge is 0.160 e. The lowest BCUT2D eigenvalue weighted by atomic mass is 9.92. The minimum Gasteiger partial charge on any atom is -0.388 e. The predicted octanol–water partition coefficient (Wildman–Crippen LogP) is 3.41. The van der Waals surface area contributed by atoms with Crippen molar-refractivity contribution in [2.45, 2.75) is 58.5 Å². The number of aliphatic hydroxyl groups is 2. The molecular weight excluding hydrogens is 338 g/mol. The number of carbonyl (C=O) groups is 1. The third-order valence-electron chi connectivity index (χ3n) is 4.77. The fourth-order valence-corrected chi connectivity index (χ4v) is 3.36. The van der Waals surface area contributed by atoms with Crippen LogP contribution >= 0.6 is 0 Å². The molecule has 146 valence electrons. The van der Waals surface area contributed by atoms with Crippen molar-refractivity contribution in [2.24, 2.45) is 5.92 Å². The van der Waals surface area contributed by atoms with Crippen LogP contribution in [-0.2, 0) is 17.9 Å². The van der Waals surface area contributed by atoms with Gasteiger partial charge in [0.25, 0.3) is 0 Å². The Morgan fingerprint density at radius 2 is 1.33 bits per heavy atom. The molecule has 0 amide bonds. The summed E-state index contributed by atoms with van der Waals surface area (Å²) in [6.45, 7) is 6.76. The van der Waals surface area contributed by atoms with E-state index in [1.807, 2.05) is 36.4 Å². The monoisotopic (exact) mass is 369 g/mol. The zero-order chi connectivity index (χ0) is 19.8. The molecule has 0 heterocycles. The molecule has 0 fully saturated rings. The van der Waals surface area contributed by atoms with Gasteiger partial charge < -0.3 is 10.2 Å². The number of Topliss-reactive ketones (excluding diaryl/α,β-unsaturated/α-hetero) is 1. The van der Waals surface area contributed by atoms with Crippen LogP contribution in [0.2, 0.25) is 0 Å². The highest BCUT2D eigenvalue weighted by Crippen LogP contribution is 2.23. The van der Waals surface area contributed by atoms with E-state index in [0.29, 0.717) is 25.4 Å². The maximum Gasteiger partial charge on any atom is 0.160 e. The van der Waals surface area contributed by atoms with Crippen LogP contribution in [0.1, 0.15) is 38.3 Å². The molecule has 0 radical (unpaired) electrons. The second kappa shape index (κ2) is 10.4. The molecule has 2 aromatic carbocycles. The lowest BCUT2D eigenvalue weighted by molar-refractivity contribution is -0.134. The Balaban J connectivity index is 2.33. The fourth-order valence-electron chi connectivity index (χ4n) is 3.36. The summed E-state index contributed by atoms with van der Waals surface area (Å²) in [5, 5.41) is 21.0. The molecule has 0 aliphatic carbocycles. The normalized spacial score (nSPS) is 14.9. The van der Waals surface area contributed by atoms with Crippen LogP contribution in [-0.4, -0.2) is 39.1 Å². The molecule has 0 saturated heterocycles. The highest BCUT2D eigenvalue weighted by Gasteiger charge is 2.34. The van der Waals surface area contributed by atoms with Crippen molar-refractivity contribution in [1.82, 2.24) is 4.90 Å². The van der Waals surface area contributed by atoms with Gasteiger partial charge in [-0.05, 0) is 30.4 Å². The standard InChI is InChI=1S/C23H31NO3/c1-17(2)14-21(23(27)22(26)18(3)25)24(15-19-10-6-4-7-11-19)16-20-12-8-5-9-13-20/h4-13,17,21-23,26-27H,14-16H2,1-3H3/t21-,22+,23-/m0/s1. The van der Waals surface area contributed by atoms with Gasteiger partial charge in [0.05, 0.1) is 0 Å². The lowest BCUT2D eigenvalue weighted by Gasteiger charge is -2.37. The Kier molecular flexibility index (Phi) is 8.17. The number of aliphatic hydroxyl groups excluding tert-OH is 2. The first kappa shape index (κ1) is 21.3. The first-order valence-corrected chi connectivity index (χ1v) is 9.57. The number of hydrogen-bond acceptors (Lipinski definition) is 4. The van der Waals surface area contributed by atoms with E-state index in [1.165, 1.54) is 6.92 Å². The van der Waals surface area contributed by atoms with Crippen molar-refractivity contribution >= 4 is 5.78 Å². The SMILES string of the molecule is CC(=O)[C@@H](O)[C@@H](O)[C@H](CC(C)C)N(Cc1ccccc1)Cc1ccccc1. The first-order valence-electron chi connectivity index (χ1n) is 9.57. The zero-order valence-electron chi connectivity index (χ0n) is 16.5. The van der Waals surface area contributed by atoms with Gasteiger partial charge in [0.2, 0.25) is 0 Å². The Hall–Kier alpha value is -2.01. The largest absolute Gasteiger partial charge is 0.388 e. The quantitative estimate of drug-likeness (QED) is 0.674. The molecule has 0 aliphatic rings. The second-order valence-electron chi connectivity index (χ2n) is 7.62. The first-order chi connectivity index (χ1) is 12.9. The lowest BCUT2D eigenvalue weighted by Crippen LogP contribution is -2.50. The van der Waals surface area contributed by atoms with Crippen molar-refractivity contribution < 1.29 is 15.0 Å². The van der Waals surface area contributed by atoms with E-state index in [2.05, 4.69) is 43.0 Å². The van der Waals surface area contributed by atoms with Crippen molar-refractivity contribution in [1.29, 1.82) is 0 Å². The van der Waals surface area contributed by atoms with Gasteiger partial charge >= 0.3 is 0 Å². The van der Waals surface area contributed by atoms with E-state index in [-0.39, 0.29) is 6.04 Å². The zero-order valence-corrected chi connectivity index (χ0v) is 16.5. The summed E-state index contributed by atoms with van der Waals surface area (Å²) >= 11 is 0. The Labute approximate surface area is 162 Å². The molecule has 27 heavy (non-hydrogen) atoms. The number of nitrogens with zero attached hydrogens (tertiary/aromatic N) is 1. The van der Waals surface area contributed by atoms with Crippen LogP contribution in [0.5, 0.6) is 0 Å². The molecule has 0 aliphatic heterocycles. The number of rotatable bonds is 10. The molecule has 2 aromatic rings. The molecule has 0 aromatic heterocycles. The molecule has 0 saturated carbocycles. The highest BCUT2D eigenvalue weighted by molar-refractivity contribution is 5.80. The fraction of sp³-hybridized carbons (Fsp3) is 0.435. The van der Waals surface area contributed by atoms with Crippen LogP contribution in [0.15, 0.2) is 60.7 Å². The predicted molar refractivity (Wildman–Crippen MR) is 108 cm³/mol. The molecule has 2 N–H and O–H groups in total. The van der Waals surface area contributed by atoms with E-state index >= 15 is 0 Å². The minimum absolute atomic E-state index is 0.317. The maximum absolute atomic E-state index is 11.7. The van der Waals surface area contributed by atoms with Gasteiger partial charge in [-0.1, -0.05) is 74.5 Å². The van der Waals surface area contributed by atoms with Gasteiger partial charge in [-0.3, -0.25) is 9.69 Å². The Morgan fingerprint density at radius 1 is 0.889 bits per heavy atom. The maximum atomic E-state index is 11.7. The molecule has 3 atom stereocenters. The van der Waals surface area contributed by atoms with E-state index < -0.39 is 18.0 Å². The molecule has 4 heteroatoms. The van der Waals surface area contributed by atoms with E-state index in [9.17, 15) is 15.0 Å². The molecular formula is C23H31NO3. The Bertz CT molecular complexity index is 646. The summed E-state index contributed by atoms with van der Waals surface area (Å²) in [6.07, 6.45) is -1.81. The second-order valence-corrected chi connectivity index (χ2v) is 7.62. The van der Waals surface area contributed by atoms with E-state index in [4.69, 9.17) is 0 Å². The highest BCUT2D eigenvalue weighted by atomic mass is 16.3. The van der Waals surface area contributed by atoms with E-state index in [1.54, 1.807) is 0 Å². The summed E-state index contributed by atoms with van der Waals surface area (Å²) in [7, 11) is 0. The molecule has 0 bridgehead atoms. The summed E-state index contributed by atoms with van der Waals surface area (Å²) in [4.78, 5) is 13.9. The van der Waals surface area contributed by atoms with Crippen LogP contribution in [0.3, 0.4) is 0 Å². The number of carbonyl (C=O) groups excluding carboxylic acids is 1. The van der Waals surface area contributed by atoms with Gasteiger partial charge in [-0.25, -0.2) is 0 Å². The van der Waals surface area contributed by atoms with Gasteiger partial charge in [-0.2, -0.15) is 0 Å². The van der Waals surface area contributed by atoms with Gasteiger partial charge in [-0.15, -0.1) is 0 Å². The number of benzene rings is 2. The average Bonchev–Trinajstić information content (AvgIpc) is 2.66. The average molecular weight is 370 g/mol. The van der Waals surface area contributed by atoms with Crippen molar-refractivity contribution in [3.05, 3.63) is 71.8 Å². The summed E-state index contributed by atoms with van der Waals surface area (Å²) in [5.74, 6) is -0.0894. The van der Waals surface area contributed by atoms with E-state index in [0.717, 1.165) is 11.1 Å².